The Bertz CT molecular complexity index is 927. The van der Waals surface area contributed by atoms with Gasteiger partial charge < -0.3 is 10.3 Å². The average Bonchev–Trinajstić information content (AvgIpc) is 2.94. The molecule has 1 heterocycles. The number of H-pyrrole nitrogens is 1. The van der Waals surface area contributed by atoms with Gasteiger partial charge in [0, 0.05) is 34.1 Å². The lowest BCUT2D eigenvalue weighted by Gasteiger charge is -2.23. The van der Waals surface area contributed by atoms with Gasteiger partial charge in [0.15, 0.2) is 0 Å². The van der Waals surface area contributed by atoms with E-state index in [0.29, 0.717) is 11.4 Å². The van der Waals surface area contributed by atoms with Gasteiger partial charge in [-0.15, -0.1) is 0 Å². The first-order valence-electron chi connectivity index (χ1n) is 8.72. The van der Waals surface area contributed by atoms with E-state index in [1.54, 1.807) is 0 Å². The first-order valence-corrected chi connectivity index (χ1v) is 9.10. The minimum absolute atomic E-state index is 0.0720. The molecular weight excluding hydrogens is 332 g/mol. The van der Waals surface area contributed by atoms with Crippen LogP contribution in [0.2, 0.25) is 5.02 Å². The molecule has 1 aliphatic rings. The minimum Gasteiger partial charge on any atom is -0.358 e. The zero-order chi connectivity index (χ0) is 17.4. The molecule has 1 amide bonds. The van der Waals surface area contributed by atoms with E-state index in [4.69, 9.17) is 11.6 Å². The summed E-state index contributed by atoms with van der Waals surface area (Å²) in [4.78, 5) is 15.9. The van der Waals surface area contributed by atoms with Gasteiger partial charge in [0.25, 0.3) is 0 Å². The topological polar surface area (TPSA) is 44.9 Å². The molecule has 0 saturated heterocycles. The van der Waals surface area contributed by atoms with Crippen LogP contribution >= 0.6 is 11.6 Å². The summed E-state index contributed by atoms with van der Waals surface area (Å²) in [5, 5.41) is 5.21. The second-order valence-corrected chi connectivity index (χ2v) is 7.38. The summed E-state index contributed by atoms with van der Waals surface area (Å²) in [7, 11) is 0. The minimum atomic E-state index is 0.0720. The van der Waals surface area contributed by atoms with Crippen molar-refractivity contribution in [1.29, 1.82) is 0 Å². The number of carbonyl (C=O) groups excluding carboxylic acids is 1. The molecule has 0 bridgehead atoms. The van der Waals surface area contributed by atoms with Crippen LogP contribution in [0.5, 0.6) is 0 Å². The third-order valence-corrected chi connectivity index (χ3v) is 5.24. The van der Waals surface area contributed by atoms with Gasteiger partial charge in [0.05, 0.1) is 6.42 Å². The molecule has 0 saturated carbocycles. The number of rotatable bonds is 3. The lowest BCUT2D eigenvalue weighted by molar-refractivity contribution is -0.121. The lowest BCUT2D eigenvalue weighted by Crippen LogP contribution is -2.39. The van der Waals surface area contributed by atoms with Crippen molar-refractivity contribution in [3.05, 3.63) is 69.9 Å². The monoisotopic (exact) mass is 352 g/mol. The molecule has 1 unspecified atom stereocenters. The fraction of sp³-hybridized carbons (Fsp3) is 0.286. The molecule has 1 aliphatic carbocycles. The molecule has 0 radical (unpaired) electrons. The summed E-state index contributed by atoms with van der Waals surface area (Å²) in [5.41, 5.74) is 6.15. The number of carbonyl (C=O) groups is 1. The molecule has 0 aliphatic heterocycles. The number of halogens is 1. The first-order chi connectivity index (χ1) is 12.1. The highest BCUT2D eigenvalue weighted by molar-refractivity contribution is 6.30. The predicted molar refractivity (Wildman–Crippen MR) is 102 cm³/mol. The Morgan fingerprint density at radius 1 is 1.24 bits per heavy atom. The van der Waals surface area contributed by atoms with Gasteiger partial charge in [-0.05, 0) is 55.2 Å². The Morgan fingerprint density at radius 2 is 2.04 bits per heavy atom. The Kier molecular flexibility index (Phi) is 4.26. The number of benzene rings is 2. The Morgan fingerprint density at radius 3 is 2.84 bits per heavy atom. The van der Waals surface area contributed by atoms with Crippen molar-refractivity contribution >= 4 is 28.4 Å². The maximum atomic E-state index is 12.3. The number of aromatic nitrogens is 1. The van der Waals surface area contributed by atoms with E-state index in [1.165, 1.54) is 27.7 Å². The third-order valence-electron chi connectivity index (χ3n) is 4.99. The quantitative estimate of drug-likeness (QED) is 0.723. The van der Waals surface area contributed by atoms with E-state index < -0.39 is 0 Å². The smallest absolute Gasteiger partial charge is 0.224 e. The standard InChI is InChI=1S/C21H21ClN2O/c1-13-2-9-19-18(10-13)17-8-7-16(12-20(17)24-19)23-21(25)11-14-3-5-15(22)6-4-14/h2-6,9-10,16,24H,7-8,11-12H2,1H3,(H,23,25). The van der Waals surface area contributed by atoms with Gasteiger partial charge in [0.2, 0.25) is 5.91 Å². The molecule has 0 fully saturated rings. The van der Waals surface area contributed by atoms with Crippen molar-refractivity contribution in [2.45, 2.75) is 38.6 Å². The molecule has 4 heteroatoms. The van der Waals surface area contributed by atoms with Crippen LogP contribution in [0.4, 0.5) is 0 Å². The average molecular weight is 353 g/mol. The molecule has 25 heavy (non-hydrogen) atoms. The van der Waals surface area contributed by atoms with E-state index in [-0.39, 0.29) is 11.9 Å². The summed E-state index contributed by atoms with van der Waals surface area (Å²) >= 11 is 5.89. The summed E-state index contributed by atoms with van der Waals surface area (Å²) in [5.74, 6) is 0.0720. The first kappa shape index (κ1) is 16.2. The van der Waals surface area contributed by atoms with E-state index in [1.807, 2.05) is 24.3 Å². The largest absolute Gasteiger partial charge is 0.358 e. The highest BCUT2D eigenvalue weighted by Gasteiger charge is 2.23. The van der Waals surface area contributed by atoms with Gasteiger partial charge in [-0.1, -0.05) is 35.4 Å². The normalized spacial score (nSPS) is 16.6. The zero-order valence-corrected chi connectivity index (χ0v) is 15.0. The molecule has 0 spiro atoms. The number of fused-ring (bicyclic) bond motifs is 3. The Hall–Kier alpha value is -2.26. The van der Waals surface area contributed by atoms with E-state index in [0.717, 1.165) is 24.8 Å². The number of aromatic amines is 1. The van der Waals surface area contributed by atoms with Crippen LogP contribution in [-0.2, 0) is 24.1 Å². The molecule has 3 aromatic rings. The van der Waals surface area contributed by atoms with Gasteiger partial charge in [-0.25, -0.2) is 0 Å². The predicted octanol–water partition coefficient (Wildman–Crippen LogP) is 4.35. The van der Waals surface area contributed by atoms with Crippen LogP contribution in [0.25, 0.3) is 10.9 Å². The van der Waals surface area contributed by atoms with Crippen LogP contribution in [0.15, 0.2) is 42.5 Å². The molecule has 1 aromatic heterocycles. The summed E-state index contributed by atoms with van der Waals surface area (Å²) in [6, 6.07) is 14.2. The Balaban J connectivity index is 1.44. The summed E-state index contributed by atoms with van der Waals surface area (Å²) in [6.07, 6.45) is 3.26. The van der Waals surface area contributed by atoms with Gasteiger partial charge in [0.1, 0.15) is 0 Å². The molecule has 4 rings (SSSR count). The lowest BCUT2D eigenvalue weighted by atomic mass is 9.91. The molecule has 2 aromatic carbocycles. The van der Waals surface area contributed by atoms with E-state index >= 15 is 0 Å². The molecular formula is C21H21ClN2O. The van der Waals surface area contributed by atoms with Crippen LogP contribution < -0.4 is 5.32 Å². The van der Waals surface area contributed by atoms with E-state index in [2.05, 4.69) is 35.4 Å². The van der Waals surface area contributed by atoms with Crippen molar-refractivity contribution in [2.75, 3.05) is 0 Å². The van der Waals surface area contributed by atoms with Crippen LogP contribution in [0, 0.1) is 6.92 Å². The second-order valence-electron chi connectivity index (χ2n) is 6.94. The SMILES string of the molecule is Cc1ccc2[nH]c3c(c2c1)CCC(NC(=O)Cc1ccc(Cl)cc1)C3. The highest BCUT2D eigenvalue weighted by atomic mass is 35.5. The zero-order valence-electron chi connectivity index (χ0n) is 14.2. The fourth-order valence-electron chi connectivity index (χ4n) is 3.73. The summed E-state index contributed by atoms with van der Waals surface area (Å²) in [6.45, 7) is 2.13. The molecule has 1 atom stereocenters. The van der Waals surface area contributed by atoms with Gasteiger partial charge in [-0.2, -0.15) is 0 Å². The van der Waals surface area contributed by atoms with Crippen molar-refractivity contribution in [2.24, 2.45) is 0 Å². The van der Waals surface area contributed by atoms with E-state index in [9.17, 15) is 4.79 Å². The maximum absolute atomic E-state index is 12.3. The number of aryl methyl sites for hydroxylation is 2. The molecule has 2 N–H and O–H groups in total. The number of amides is 1. The van der Waals surface area contributed by atoms with Gasteiger partial charge in [-0.3, -0.25) is 4.79 Å². The number of hydrogen-bond donors (Lipinski definition) is 2. The Labute approximate surface area is 152 Å². The van der Waals surface area contributed by atoms with Crippen molar-refractivity contribution < 1.29 is 4.79 Å². The van der Waals surface area contributed by atoms with Crippen molar-refractivity contribution in [3.63, 3.8) is 0 Å². The maximum Gasteiger partial charge on any atom is 0.224 e. The van der Waals surface area contributed by atoms with Crippen molar-refractivity contribution in [3.8, 4) is 0 Å². The van der Waals surface area contributed by atoms with Gasteiger partial charge >= 0.3 is 0 Å². The second kappa shape index (κ2) is 6.57. The fourth-order valence-corrected chi connectivity index (χ4v) is 3.86. The molecule has 128 valence electrons. The third kappa shape index (κ3) is 3.42. The number of nitrogens with one attached hydrogen (secondary N) is 2. The highest BCUT2D eigenvalue weighted by Crippen LogP contribution is 2.29. The van der Waals surface area contributed by atoms with Crippen LogP contribution in [-0.4, -0.2) is 16.9 Å². The number of hydrogen-bond acceptors (Lipinski definition) is 1. The van der Waals surface area contributed by atoms with Crippen molar-refractivity contribution in [1.82, 2.24) is 10.3 Å². The summed E-state index contributed by atoms with van der Waals surface area (Å²) < 4.78 is 0. The van der Waals surface area contributed by atoms with Crippen LogP contribution in [0.3, 0.4) is 0 Å². The molecule has 3 nitrogen and oxygen atoms in total. The van der Waals surface area contributed by atoms with Crippen LogP contribution in [0.1, 0.15) is 28.8 Å².